The minimum atomic E-state index is -1.02. The molecule has 3 unspecified atom stereocenters. The molecule has 0 spiro atoms. The van der Waals surface area contributed by atoms with Gasteiger partial charge in [0, 0.05) is 13.5 Å². The highest BCUT2D eigenvalue weighted by molar-refractivity contribution is 4.71. The molecule has 0 heterocycles. The third kappa shape index (κ3) is 3.99. The summed E-state index contributed by atoms with van der Waals surface area (Å²) in [6.45, 7) is -0.797. The molecule has 0 saturated heterocycles. The van der Waals surface area contributed by atoms with Crippen LogP contribution in [0.15, 0.2) is 0 Å². The van der Waals surface area contributed by atoms with E-state index < -0.39 is 24.9 Å². The van der Waals surface area contributed by atoms with Crippen LogP contribution in [-0.2, 0) is 4.74 Å². The molecule has 0 aromatic carbocycles. The first-order valence-corrected chi connectivity index (χ1v) is 3.76. The highest BCUT2D eigenvalue weighted by atomic mass is 16.5. The molecule has 0 radical (unpaired) electrons. The van der Waals surface area contributed by atoms with Gasteiger partial charge >= 0.3 is 0 Å². The Morgan fingerprint density at radius 1 is 1.17 bits per heavy atom. The van der Waals surface area contributed by atoms with Crippen LogP contribution in [0.2, 0.25) is 0 Å². The van der Waals surface area contributed by atoms with E-state index in [4.69, 9.17) is 25.2 Å². The van der Waals surface area contributed by atoms with Gasteiger partial charge in [0.05, 0.1) is 25.4 Å². The third-order valence-electron chi connectivity index (χ3n) is 1.63. The lowest BCUT2D eigenvalue weighted by Crippen LogP contribution is -2.35. The molecule has 0 aliphatic heterocycles. The maximum absolute atomic E-state index is 9.09. The number of aliphatic hydroxyl groups excluding tert-OH is 4. The summed E-state index contributed by atoms with van der Waals surface area (Å²) in [5, 5.41) is 35.1. The van der Waals surface area contributed by atoms with Crippen molar-refractivity contribution in [1.29, 1.82) is 0 Å². The average Bonchev–Trinajstić information content (AvgIpc) is 2.12. The Balaban J connectivity index is 3.81. The van der Waals surface area contributed by atoms with Gasteiger partial charge in [-0.3, -0.25) is 0 Å². The molecule has 0 saturated carbocycles. The van der Waals surface area contributed by atoms with Crippen molar-refractivity contribution >= 4 is 0 Å². The van der Waals surface area contributed by atoms with Crippen LogP contribution >= 0.6 is 0 Å². The number of hydrogen-bond donors (Lipinski definition) is 4. The van der Waals surface area contributed by atoms with Crippen LogP contribution in [0.4, 0.5) is 0 Å². The molecule has 5 heteroatoms. The zero-order chi connectivity index (χ0) is 9.56. The summed E-state index contributed by atoms with van der Waals surface area (Å²) in [6, 6.07) is 0. The van der Waals surface area contributed by atoms with Gasteiger partial charge in [0.2, 0.25) is 0 Å². The highest BCUT2D eigenvalue weighted by Crippen LogP contribution is 2.06. The standard InChI is InChI=1S/C7H16O5/c1-12-7(6(11)4-9)2-5(10)3-8/h5-11H,2-4H2,1H3. The predicted octanol–water partition coefficient (Wildman–Crippen LogP) is -1.90. The van der Waals surface area contributed by atoms with Crippen molar-refractivity contribution < 1.29 is 25.2 Å². The fraction of sp³-hybridized carbons (Fsp3) is 1.00. The van der Waals surface area contributed by atoms with E-state index in [1.807, 2.05) is 0 Å². The Morgan fingerprint density at radius 2 is 1.75 bits per heavy atom. The lowest BCUT2D eigenvalue weighted by atomic mass is 10.1. The zero-order valence-electron chi connectivity index (χ0n) is 7.05. The molecule has 0 aliphatic carbocycles. The summed E-state index contributed by atoms with van der Waals surface area (Å²) in [7, 11) is 1.37. The van der Waals surface area contributed by atoms with Crippen LogP contribution in [-0.4, -0.2) is 59.1 Å². The van der Waals surface area contributed by atoms with Crippen molar-refractivity contribution in [1.82, 2.24) is 0 Å². The molecule has 0 aromatic rings. The molecule has 0 amide bonds. The number of rotatable bonds is 6. The summed E-state index contributed by atoms with van der Waals surface area (Å²) in [6.07, 6.45) is -2.47. The topological polar surface area (TPSA) is 90.2 Å². The second-order valence-electron chi connectivity index (χ2n) is 2.60. The van der Waals surface area contributed by atoms with E-state index in [0.717, 1.165) is 0 Å². The minimum absolute atomic E-state index is 0.106. The van der Waals surface area contributed by atoms with Crippen molar-refractivity contribution in [3.63, 3.8) is 0 Å². The lowest BCUT2D eigenvalue weighted by molar-refractivity contribution is -0.0636. The van der Waals surface area contributed by atoms with E-state index in [9.17, 15) is 0 Å². The number of methoxy groups -OCH3 is 1. The van der Waals surface area contributed by atoms with Crippen LogP contribution < -0.4 is 0 Å². The molecular weight excluding hydrogens is 164 g/mol. The smallest absolute Gasteiger partial charge is 0.103 e. The van der Waals surface area contributed by atoms with E-state index in [0.29, 0.717) is 0 Å². The lowest BCUT2D eigenvalue weighted by Gasteiger charge is -2.21. The Morgan fingerprint density at radius 3 is 2.08 bits per heavy atom. The van der Waals surface area contributed by atoms with E-state index in [1.165, 1.54) is 7.11 Å². The second kappa shape index (κ2) is 6.33. The van der Waals surface area contributed by atoms with Crippen LogP contribution in [0.3, 0.4) is 0 Å². The number of aliphatic hydroxyl groups is 4. The second-order valence-corrected chi connectivity index (χ2v) is 2.60. The van der Waals surface area contributed by atoms with Crippen molar-refractivity contribution in [2.45, 2.75) is 24.7 Å². The van der Waals surface area contributed by atoms with Crippen molar-refractivity contribution in [3.8, 4) is 0 Å². The van der Waals surface area contributed by atoms with E-state index in [-0.39, 0.29) is 13.0 Å². The van der Waals surface area contributed by atoms with Gasteiger partial charge in [0.15, 0.2) is 0 Å². The molecule has 0 aromatic heterocycles. The molecule has 74 valence electrons. The molecule has 12 heavy (non-hydrogen) atoms. The Hall–Kier alpha value is -0.200. The molecule has 4 N–H and O–H groups in total. The first kappa shape index (κ1) is 11.8. The largest absolute Gasteiger partial charge is 0.394 e. The van der Waals surface area contributed by atoms with Gasteiger partial charge in [-0.2, -0.15) is 0 Å². The fourth-order valence-electron chi connectivity index (χ4n) is 0.871. The van der Waals surface area contributed by atoms with Crippen LogP contribution in [0.25, 0.3) is 0 Å². The molecule has 0 rings (SSSR count). The molecule has 3 atom stereocenters. The first-order chi connectivity index (χ1) is 5.65. The normalized spacial score (nSPS) is 18.8. The van der Waals surface area contributed by atoms with Gasteiger partial charge in [0.25, 0.3) is 0 Å². The fourth-order valence-corrected chi connectivity index (χ4v) is 0.871. The SMILES string of the molecule is COC(CC(O)CO)C(O)CO. The van der Waals surface area contributed by atoms with Crippen molar-refractivity contribution in [2.75, 3.05) is 20.3 Å². The maximum Gasteiger partial charge on any atom is 0.103 e. The Labute approximate surface area is 71.2 Å². The summed E-state index contributed by atoms with van der Waals surface area (Å²) in [5.41, 5.74) is 0. The molecule has 0 bridgehead atoms. The summed E-state index contributed by atoms with van der Waals surface area (Å²) in [5.74, 6) is 0. The van der Waals surface area contributed by atoms with Gasteiger partial charge in [0.1, 0.15) is 6.10 Å². The number of ether oxygens (including phenoxy) is 1. The highest BCUT2D eigenvalue weighted by Gasteiger charge is 2.20. The van der Waals surface area contributed by atoms with Crippen LogP contribution in [0.5, 0.6) is 0 Å². The Bertz CT molecular complexity index is 108. The van der Waals surface area contributed by atoms with Gasteiger partial charge < -0.3 is 25.2 Å². The minimum Gasteiger partial charge on any atom is -0.394 e. The van der Waals surface area contributed by atoms with E-state index in [1.54, 1.807) is 0 Å². The average molecular weight is 180 g/mol. The molecule has 0 fully saturated rings. The van der Waals surface area contributed by atoms with Crippen molar-refractivity contribution in [2.24, 2.45) is 0 Å². The van der Waals surface area contributed by atoms with Gasteiger partial charge in [-0.1, -0.05) is 0 Å². The van der Waals surface area contributed by atoms with Gasteiger partial charge in [-0.25, -0.2) is 0 Å². The monoisotopic (exact) mass is 180 g/mol. The zero-order valence-corrected chi connectivity index (χ0v) is 7.05. The van der Waals surface area contributed by atoms with E-state index >= 15 is 0 Å². The maximum atomic E-state index is 9.09. The Kier molecular flexibility index (Phi) is 6.23. The first-order valence-electron chi connectivity index (χ1n) is 3.76. The summed E-state index contributed by atoms with van der Waals surface area (Å²) < 4.78 is 4.79. The molecule has 5 nitrogen and oxygen atoms in total. The summed E-state index contributed by atoms with van der Waals surface area (Å²) in [4.78, 5) is 0. The van der Waals surface area contributed by atoms with Gasteiger partial charge in [-0.15, -0.1) is 0 Å². The van der Waals surface area contributed by atoms with Gasteiger partial charge in [-0.05, 0) is 0 Å². The van der Waals surface area contributed by atoms with E-state index in [2.05, 4.69) is 0 Å². The summed E-state index contributed by atoms with van der Waals surface area (Å²) >= 11 is 0. The molecular formula is C7H16O5. The third-order valence-corrected chi connectivity index (χ3v) is 1.63. The van der Waals surface area contributed by atoms with Crippen LogP contribution in [0, 0.1) is 0 Å². The molecule has 0 aliphatic rings. The quantitative estimate of drug-likeness (QED) is 0.383. The number of hydrogen-bond acceptors (Lipinski definition) is 5. The van der Waals surface area contributed by atoms with Crippen LogP contribution in [0.1, 0.15) is 6.42 Å². The van der Waals surface area contributed by atoms with Crippen molar-refractivity contribution in [3.05, 3.63) is 0 Å². The predicted molar refractivity (Wildman–Crippen MR) is 41.6 cm³/mol.